The molecule has 21 heavy (non-hydrogen) atoms. The van der Waals surface area contributed by atoms with Gasteiger partial charge in [-0.3, -0.25) is 4.79 Å². The quantitative estimate of drug-likeness (QED) is 0.795. The highest BCUT2D eigenvalue weighted by Crippen LogP contribution is 2.34. The van der Waals surface area contributed by atoms with E-state index in [1.807, 2.05) is 6.07 Å². The molecule has 0 radical (unpaired) electrons. The van der Waals surface area contributed by atoms with Crippen molar-refractivity contribution in [3.05, 3.63) is 46.8 Å². The number of hydrogen-bond acceptors (Lipinski definition) is 3. The van der Waals surface area contributed by atoms with E-state index in [-0.39, 0.29) is 11.2 Å². The SMILES string of the molecule is Cc1cccc(C)c1-c1ncc2c(n1)CC(C)(C)CC2=O. The Bertz CT molecular complexity index is 712. The largest absolute Gasteiger partial charge is 0.294 e. The van der Waals surface area contributed by atoms with E-state index in [9.17, 15) is 4.79 Å². The first-order chi connectivity index (χ1) is 9.87. The first-order valence-corrected chi connectivity index (χ1v) is 7.33. The van der Waals surface area contributed by atoms with Crippen LogP contribution >= 0.6 is 0 Å². The number of ketones is 1. The number of aromatic nitrogens is 2. The van der Waals surface area contributed by atoms with Gasteiger partial charge in [-0.15, -0.1) is 0 Å². The molecule has 0 amide bonds. The number of carbonyl (C=O) groups is 1. The van der Waals surface area contributed by atoms with Crippen LogP contribution in [0, 0.1) is 19.3 Å². The Morgan fingerprint density at radius 1 is 1.10 bits per heavy atom. The maximum absolute atomic E-state index is 12.2. The molecule has 0 fully saturated rings. The molecule has 1 aromatic heterocycles. The number of carbonyl (C=O) groups excluding carboxylic acids is 1. The van der Waals surface area contributed by atoms with Gasteiger partial charge >= 0.3 is 0 Å². The summed E-state index contributed by atoms with van der Waals surface area (Å²) in [7, 11) is 0. The lowest BCUT2D eigenvalue weighted by Crippen LogP contribution is -2.28. The Labute approximate surface area is 125 Å². The Kier molecular flexibility index (Phi) is 3.16. The minimum atomic E-state index is -0.0174. The molecule has 0 saturated carbocycles. The number of nitrogens with zero attached hydrogens (tertiary/aromatic N) is 2. The molecule has 0 aliphatic heterocycles. The van der Waals surface area contributed by atoms with E-state index in [1.165, 1.54) is 0 Å². The van der Waals surface area contributed by atoms with E-state index in [2.05, 4.69) is 44.8 Å². The van der Waals surface area contributed by atoms with Crippen LogP contribution in [0.4, 0.5) is 0 Å². The fourth-order valence-electron chi connectivity index (χ4n) is 3.12. The predicted molar refractivity (Wildman–Crippen MR) is 83.4 cm³/mol. The molecule has 0 atom stereocenters. The lowest BCUT2D eigenvalue weighted by molar-refractivity contribution is 0.0910. The van der Waals surface area contributed by atoms with E-state index < -0.39 is 0 Å². The average molecular weight is 280 g/mol. The Balaban J connectivity index is 2.14. The van der Waals surface area contributed by atoms with E-state index >= 15 is 0 Å². The second kappa shape index (κ2) is 4.76. The van der Waals surface area contributed by atoms with Crippen molar-refractivity contribution in [3.63, 3.8) is 0 Å². The minimum Gasteiger partial charge on any atom is -0.294 e. The molecule has 0 saturated heterocycles. The van der Waals surface area contributed by atoms with Crippen molar-refractivity contribution in [2.24, 2.45) is 5.41 Å². The maximum Gasteiger partial charge on any atom is 0.166 e. The van der Waals surface area contributed by atoms with Crippen molar-refractivity contribution in [2.75, 3.05) is 0 Å². The Morgan fingerprint density at radius 3 is 2.43 bits per heavy atom. The minimum absolute atomic E-state index is 0.0174. The lowest BCUT2D eigenvalue weighted by Gasteiger charge is -2.29. The smallest absolute Gasteiger partial charge is 0.166 e. The number of benzene rings is 1. The summed E-state index contributed by atoms with van der Waals surface area (Å²) in [5.74, 6) is 0.893. The summed E-state index contributed by atoms with van der Waals surface area (Å²) in [5.41, 5.74) is 4.98. The molecule has 0 unspecified atom stereocenters. The van der Waals surface area contributed by atoms with Gasteiger partial charge in [-0.2, -0.15) is 0 Å². The second-order valence-electron chi connectivity index (χ2n) is 6.76. The first-order valence-electron chi connectivity index (χ1n) is 7.33. The van der Waals surface area contributed by atoms with E-state index in [0.29, 0.717) is 12.0 Å². The fourth-order valence-corrected chi connectivity index (χ4v) is 3.12. The normalized spacial score (nSPS) is 16.7. The van der Waals surface area contributed by atoms with Crippen LogP contribution in [0.25, 0.3) is 11.4 Å². The van der Waals surface area contributed by atoms with Crippen LogP contribution in [0.2, 0.25) is 0 Å². The first kappa shape index (κ1) is 13.9. The van der Waals surface area contributed by atoms with Crippen LogP contribution in [0.1, 0.15) is 47.4 Å². The summed E-state index contributed by atoms with van der Waals surface area (Å²) < 4.78 is 0. The summed E-state index contributed by atoms with van der Waals surface area (Å²) in [6.07, 6.45) is 3.11. The van der Waals surface area contributed by atoms with Gasteiger partial charge in [0.2, 0.25) is 0 Å². The monoisotopic (exact) mass is 280 g/mol. The summed E-state index contributed by atoms with van der Waals surface area (Å²) in [4.78, 5) is 21.4. The molecular weight excluding hydrogens is 260 g/mol. The highest BCUT2D eigenvalue weighted by molar-refractivity contribution is 5.98. The number of Topliss-reactive ketones (excluding diaryl/α,β-unsaturated/α-hetero) is 1. The average Bonchev–Trinajstić information content (AvgIpc) is 2.36. The molecule has 108 valence electrons. The van der Waals surface area contributed by atoms with Crippen LogP contribution in [0.3, 0.4) is 0 Å². The number of fused-ring (bicyclic) bond motifs is 1. The predicted octanol–water partition coefficient (Wildman–Crippen LogP) is 3.92. The highest BCUT2D eigenvalue weighted by atomic mass is 16.1. The number of hydrogen-bond donors (Lipinski definition) is 0. The van der Waals surface area contributed by atoms with Crippen LogP contribution in [-0.4, -0.2) is 15.8 Å². The van der Waals surface area contributed by atoms with Gasteiger partial charge in [0.1, 0.15) is 0 Å². The van der Waals surface area contributed by atoms with Crippen LogP contribution < -0.4 is 0 Å². The third-order valence-electron chi connectivity index (χ3n) is 4.16. The summed E-state index contributed by atoms with van der Waals surface area (Å²) in [6, 6.07) is 6.18. The lowest BCUT2D eigenvalue weighted by atomic mass is 9.76. The molecule has 0 spiro atoms. The van der Waals surface area contributed by atoms with Gasteiger partial charge in [0.05, 0.1) is 11.3 Å². The maximum atomic E-state index is 12.2. The van der Waals surface area contributed by atoms with E-state index in [1.54, 1.807) is 6.20 Å². The standard InChI is InChI=1S/C18H20N2O/c1-11-6-5-7-12(2)16(11)17-19-10-13-14(20-17)8-18(3,4)9-15(13)21/h5-7,10H,8-9H2,1-4H3. The van der Waals surface area contributed by atoms with Crippen molar-refractivity contribution in [1.82, 2.24) is 9.97 Å². The molecule has 3 nitrogen and oxygen atoms in total. The zero-order valence-corrected chi connectivity index (χ0v) is 13.0. The molecule has 0 bridgehead atoms. The van der Waals surface area contributed by atoms with Gasteiger partial charge in [-0.05, 0) is 36.8 Å². The van der Waals surface area contributed by atoms with Gasteiger partial charge in [-0.1, -0.05) is 32.0 Å². The summed E-state index contributed by atoms with van der Waals surface area (Å²) >= 11 is 0. The second-order valence-corrected chi connectivity index (χ2v) is 6.76. The zero-order valence-electron chi connectivity index (χ0n) is 13.0. The van der Waals surface area contributed by atoms with Gasteiger partial charge < -0.3 is 0 Å². The molecule has 1 aliphatic rings. The van der Waals surface area contributed by atoms with Crippen molar-refractivity contribution in [1.29, 1.82) is 0 Å². The fraction of sp³-hybridized carbons (Fsp3) is 0.389. The van der Waals surface area contributed by atoms with E-state index in [0.717, 1.165) is 34.6 Å². The van der Waals surface area contributed by atoms with Crippen LogP contribution in [0.15, 0.2) is 24.4 Å². The van der Waals surface area contributed by atoms with Crippen molar-refractivity contribution < 1.29 is 4.79 Å². The van der Waals surface area contributed by atoms with Crippen LogP contribution in [0.5, 0.6) is 0 Å². The topological polar surface area (TPSA) is 42.9 Å². The van der Waals surface area contributed by atoms with Crippen molar-refractivity contribution >= 4 is 5.78 Å². The number of rotatable bonds is 1. The van der Waals surface area contributed by atoms with Gasteiger partial charge in [0.25, 0.3) is 0 Å². The molecule has 0 N–H and O–H groups in total. The van der Waals surface area contributed by atoms with Gasteiger partial charge in [0, 0.05) is 18.2 Å². The molecule has 2 aromatic rings. The third kappa shape index (κ3) is 2.48. The third-order valence-corrected chi connectivity index (χ3v) is 4.16. The number of aryl methyl sites for hydroxylation is 2. The molecular formula is C18H20N2O. The van der Waals surface area contributed by atoms with Crippen LogP contribution in [-0.2, 0) is 6.42 Å². The molecule has 3 heteroatoms. The van der Waals surface area contributed by atoms with Gasteiger partial charge in [0.15, 0.2) is 11.6 Å². The molecule has 1 heterocycles. The molecule has 1 aromatic carbocycles. The van der Waals surface area contributed by atoms with E-state index in [4.69, 9.17) is 4.98 Å². The molecule has 1 aliphatic carbocycles. The Morgan fingerprint density at radius 2 is 1.76 bits per heavy atom. The summed E-state index contributed by atoms with van der Waals surface area (Å²) in [5, 5.41) is 0. The van der Waals surface area contributed by atoms with Crippen molar-refractivity contribution in [3.8, 4) is 11.4 Å². The summed E-state index contributed by atoms with van der Waals surface area (Å²) in [6.45, 7) is 8.38. The molecule has 3 rings (SSSR count). The Hall–Kier alpha value is -2.03. The van der Waals surface area contributed by atoms with Gasteiger partial charge in [-0.25, -0.2) is 9.97 Å². The highest BCUT2D eigenvalue weighted by Gasteiger charge is 2.32. The zero-order chi connectivity index (χ0) is 15.2. The van der Waals surface area contributed by atoms with Crippen molar-refractivity contribution in [2.45, 2.75) is 40.5 Å².